The molecule has 11 nitrogen and oxygen atoms in total. The van der Waals surface area contributed by atoms with E-state index in [4.69, 9.17) is 9.47 Å². The lowest BCUT2D eigenvalue weighted by molar-refractivity contribution is -0.394. The van der Waals surface area contributed by atoms with Crippen molar-refractivity contribution < 1.29 is 19.2 Å². The minimum Gasteiger partial charge on any atom is -0.496 e. The highest BCUT2D eigenvalue weighted by Gasteiger charge is 2.15. The number of nitrogens with one attached hydrogen (secondary N) is 1. The summed E-state index contributed by atoms with van der Waals surface area (Å²) in [7, 11) is 1.53. The molecule has 40 heavy (non-hydrogen) atoms. The van der Waals surface area contributed by atoms with Crippen molar-refractivity contribution in [3.05, 3.63) is 111 Å². The number of carbonyl (C=O) groups is 1. The summed E-state index contributed by atoms with van der Waals surface area (Å²) in [6.07, 6.45) is 2.78. The zero-order valence-corrected chi connectivity index (χ0v) is 22.7. The quantitative estimate of drug-likeness (QED) is 0.171. The van der Waals surface area contributed by atoms with Gasteiger partial charge in [-0.3, -0.25) is 4.79 Å². The molecule has 1 N–H and O–H groups in total. The third kappa shape index (κ3) is 7.28. The van der Waals surface area contributed by atoms with Crippen LogP contribution in [0.4, 0.5) is 5.95 Å². The van der Waals surface area contributed by atoms with Gasteiger partial charge in [-0.2, -0.15) is 9.78 Å². The van der Waals surface area contributed by atoms with Crippen molar-refractivity contribution in [2.75, 3.05) is 7.11 Å². The molecule has 0 saturated carbocycles. The molecular weight excluding hydrogens is 512 g/mol. The fourth-order valence-electron chi connectivity index (χ4n) is 3.87. The smallest absolute Gasteiger partial charge is 0.490 e. The van der Waals surface area contributed by atoms with Crippen LogP contribution in [0.3, 0.4) is 0 Å². The normalized spacial score (nSPS) is 11.4. The molecule has 0 atom stereocenters. The number of ether oxygens (including phenoxy) is 2. The highest BCUT2D eigenvalue weighted by molar-refractivity contribution is 5.95. The predicted octanol–water partition coefficient (Wildman–Crippen LogP) is 4.88. The SMILES string of the molecule is COc1ccc(C=NNC(=O)c2cccc(COc3ccc(C(C)(C)C)cc3)c2)cc1Cn1cnc([N+](=O)[O-])n1. The molecule has 4 aromatic rings. The number of amides is 1. The molecule has 206 valence electrons. The van der Waals surface area contributed by atoms with E-state index in [0.29, 0.717) is 29.0 Å². The van der Waals surface area contributed by atoms with Gasteiger partial charge in [-0.25, -0.2) is 5.43 Å². The van der Waals surface area contributed by atoms with E-state index in [1.165, 1.54) is 29.9 Å². The lowest BCUT2D eigenvalue weighted by Crippen LogP contribution is -2.18. The number of benzene rings is 3. The van der Waals surface area contributed by atoms with Crippen LogP contribution < -0.4 is 14.9 Å². The maximum atomic E-state index is 12.7. The molecule has 3 aromatic carbocycles. The third-order valence-corrected chi connectivity index (χ3v) is 6.02. The first-order chi connectivity index (χ1) is 19.1. The molecule has 11 heteroatoms. The zero-order chi connectivity index (χ0) is 28.7. The number of hydrogen-bond donors (Lipinski definition) is 1. The Bertz CT molecular complexity index is 1520. The van der Waals surface area contributed by atoms with Crippen molar-refractivity contribution in [1.29, 1.82) is 0 Å². The molecule has 0 aliphatic carbocycles. The Morgan fingerprint density at radius 1 is 1.12 bits per heavy atom. The molecule has 1 heterocycles. The van der Waals surface area contributed by atoms with E-state index in [1.54, 1.807) is 36.4 Å². The van der Waals surface area contributed by atoms with Crippen LogP contribution in [0.1, 0.15) is 53.4 Å². The van der Waals surface area contributed by atoms with Gasteiger partial charge >= 0.3 is 5.95 Å². The van der Waals surface area contributed by atoms with Gasteiger partial charge in [0.25, 0.3) is 5.91 Å². The highest BCUT2D eigenvalue weighted by atomic mass is 16.6. The maximum absolute atomic E-state index is 12.7. The van der Waals surface area contributed by atoms with Crippen LogP contribution >= 0.6 is 0 Å². The molecule has 4 rings (SSSR count). The van der Waals surface area contributed by atoms with Crippen molar-refractivity contribution in [3.63, 3.8) is 0 Å². The third-order valence-electron chi connectivity index (χ3n) is 6.02. The first-order valence-corrected chi connectivity index (χ1v) is 12.5. The van der Waals surface area contributed by atoms with Gasteiger partial charge < -0.3 is 19.6 Å². The standard InChI is InChI=1S/C29H30N6O5/c1-29(2,3)24-9-11-25(12-10-24)40-18-21-6-5-7-22(15-21)27(36)32-31-16-20-8-13-26(39-4)23(14-20)17-34-19-30-28(33-34)35(37)38/h5-16,19H,17-18H2,1-4H3,(H,32,36). The van der Waals surface area contributed by atoms with E-state index in [1.807, 2.05) is 18.2 Å². The largest absolute Gasteiger partial charge is 0.496 e. The lowest BCUT2D eigenvalue weighted by Gasteiger charge is -2.19. The summed E-state index contributed by atoms with van der Waals surface area (Å²) in [5.41, 5.74) is 6.53. The number of carbonyl (C=O) groups excluding carboxylic acids is 1. The summed E-state index contributed by atoms with van der Waals surface area (Å²) in [6, 6.07) is 20.5. The Morgan fingerprint density at radius 2 is 1.90 bits per heavy atom. The maximum Gasteiger partial charge on any atom is 0.490 e. The van der Waals surface area contributed by atoms with Crippen LogP contribution in [0.5, 0.6) is 11.5 Å². The van der Waals surface area contributed by atoms with Crippen molar-refractivity contribution in [1.82, 2.24) is 20.2 Å². The first-order valence-electron chi connectivity index (χ1n) is 12.5. The topological polar surface area (TPSA) is 134 Å². The van der Waals surface area contributed by atoms with Crippen LogP contribution in [0.15, 0.2) is 78.2 Å². The Morgan fingerprint density at radius 3 is 2.58 bits per heavy atom. The Labute approximate surface area is 231 Å². The van der Waals surface area contributed by atoms with E-state index in [2.05, 4.69) is 53.5 Å². The second-order valence-corrected chi connectivity index (χ2v) is 10.0. The summed E-state index contributed by atoms with van der Waals surface area (Å²) in [6.45, 7) is 7.01. The number of hydrogen-bond acceptors (Lipinski definition) is 8. The zero-order valence-electron chi connectivity index (χ0n) is 22.7. The van der Waals surface area contributed by atoms with Gasteiger partial charge in [-0.15, -0.1) is 0 Å². The van der Waals surface area contributed by atoms with E-state index < -0.39 is 10.9 Å². The number of hydrazone groups is 1. The predicted molar refractivity (Wildman–Crippen MR) is 150 cm³/mol. The van der Waals surface area contributed by atoms with E-state index in [0.717, 1.165) is 11.3 Å². The molecule has 1 amide bonds. The molecule has 0 saturated heterocycles. The van der Waals surface area contributed by atoms with E-state index in [-0.39, 0.29) is 17.9 Å². The molecular formula is C29H30N6O5. The molecule has 0 radical (unpaired) electrons. The molecule has 1 aromatic heterocycles. The number of rotatable bonds is 10. The summed E-state index contributed by atoms with van der Waals surface area (Å²) >= 11 is 0. The fraction of sp³-hybridized carbons (Fsp3) is 0.241. The van der Waals surface area contributed by atoms with Gasteiger partial charge in [0.05, 0.1) is 19.9 Å². The van der Waals surface area contributed by atoms with Crippen molar-refractivity contribution in [2.24, 2.45) is 5.10 Å². The summed E-state index contributed by atoms with van der Waals surface area (Å²) in [5.74, 6) is 0.484. The van der Waals surface area contributed by atoms with E-state index in [9.17, 15) is 14.9 Å². The number of aromatic nitrogens is 3. The first kappa shape index (κ1) is 28.0. The van der Waals surface area contributed by atoms with Crippen LogP contribution in [0.25, 0.3) is 0 Å². The van der Waals surface area contributed by atoms with Crippen molar-refractivity contribution in [2.45, 2.75) is 39.3 Å². The van der Waals surface area contributed by atoms with Gasteiger partial charge in [-0.05, 0) is 69.5 Å². The van der Waals surface area contributed by atoms with Gasteiger partial charge in [0.15, 0.2) is 0 Å². The minimum absolute atomic E-state index is 0.0711. The summed E-state index contributed by atoms with van der Waals surface area (Å²) in [5, 5.41) is 18.8. The molecule has 0 bridgehead atoms. The average Bonchev–Trinajstić information content (AvgIpc) is 3.41. The van der Waals surface area contributed by atoms with Gasteiger partial charge in [0, 0.05) is 16.2 Å². The number of nitro groups is 1. The second kappa shape index (κ2) is 12.2. The monoisotopic (exact) mass is 542 g/mol. The summed E-state index contributed by atoms with van der Waals surface area (Å²) < 4.78 is 12.6. The van der Waals surface area contributed by atoms with Crippen LogP contribution in [0, 0.1) is 10.1 Å². The van der Waals surface area contributed by atoms with Gasteiger partial charge in [0.1, 0.15) is 18.1 Å². The molecule has 0 spiro atoms. The lowest BCUT2D eigenvalue weighted by atomic mass is 9.87. The van der Waals surface area contributed by atoms with Gasteiger partial charge in [-0.1, -0.05) is 50.0 Å². The molecule has 0 unspecified atom stereocenters. The highest BCUT2D eigenvalue weighted by Crippen LogP contribution is 2.25. The summed E-state index contributed by atoms with van der Waals surface area (Å²) in [4.78, 5) is 26.6. The number of nitrogens with zero attached hydrogens (tertiary/aromatic N) is 5. The van der Waals surface area contributed by atoms with Gasteiger partial charge in [0.2, 0.25) is 6.33 Å². The molecule has 0 aliphatic heterocycles. The molecule has 0 fully saturated rings. The Hall–Kier alpha value is -5.06. The van der Waals surface area contributed by atoms with Crippen molar-refractivity contribution in [3.8, 4) is 11.5 Å². The Kier molecular flexibility index (Phi) is 8.53. The second-order valence-electron chi connectivity index (χ2n) is 10.0. The molecule has 0 aliphatic rings. The van der Waals surface area contributed by atoms with E-state index >= 15 is 0 Å². The average molecular weight is 543 g/mol. The van der Waals surface area contributed by atoms with Crippen LogP contribution in [-0.4, -0.2) is 38.9 Å². The Balaban J connectivity index is 1.36. The van der Waals surface area contributed by atoms with Crippen molar-refractivity contribution >= 4 is 18.1 Å². The minimum atomic E-state index is -0.659. The fourth-order valence-corrected chi connectivity index (χ4v) is 3.87. The van der Waals surface area contributed by atoms with Crippen LogP contribution in [0.2, 0.25) is 0 Å². The number of methoxy groups -OCH3 is 1. The van der Waals surface area contributed by atoms with Crippen LogP contribution in [-0.2, 0) is 18.6 Å².